The number of amides is 2. The molecule has 0 aliphatic heterocycles. The molecule has 2 heterocycles. The van der Waals surface area contributed by atoms with Gasteiger partial charge in [-0.15, -0.1) is 11.3 Å². The van der Waals surface area contributed by atoms with Crippen LogP contribution >= 0.6 is 11.3 Å². The molecule has 2 amide bonds. The molecule has 5 nitrogen and oxygen atoms in total. The van der Waals surface area contributed by atoms with E-state index >= 15 is 0 Å². The van der Waals surface area contributed by atoms with Gasteiger partial charge < -0.3 is 10.6 Å². The predicted octanol–water partition coefficient (Wildman–Crippen LogP) is 3.87. The summed E-state index contributed by atoms with van der Waals surface area (Å²) in [7, 11) is 0. The van der Waals surface area contributed by atoms with E-state index in [0.29, 0.717) is 19.6 Å². The van der Waals surface area contributed by atoms with E-state index in [2.05, 4.69) is 27.2 Å². The molecule has 0 bridgehead atoms. The van der Waals surface area contributed by atoms with E-state index in [1.165, 1.54) is 22.6 Å². The van der Waals surface area contributed by atoms with Gasteiger partial charge in [0.2, 0.25) is 0 Å². The standard InChI is InChI=1S/C19H21FN4OS/c1-13-18(17-4-3-11-26-17)14(2)24(23-13)10-9-21-19(25)22-12-15-5-7-16(20)8-6-15/h3-8,11H,9-10,12H2,1-2H3,(H2,21,22,25). The molecule has 1 aromatic carbocycles. The molecule has 0 fully saturated rings. The van der Waals surface area contributed by atoms with Gasteiger partial charge in [-0.25, -0.2) is 9.18 Å². The Morgan fingerprint density at radius 3 is 2.65 bits per heavy atom. The summed E-state index contributed by atoms with van der Waals surface area (Å²) in [4.78, 5) is 13.1. The normalized spacial score (nSPS) is 10.7. The first kappa shape index (κ1) is 18.1. The van der Waals surface area contributed by atoms with Crippen molar-refractivity contribution in [3.05, 3.63) is 64.5 Å². The highest BCUT2D eigenvalue weighted by atomic mass is 32.1. The number of aryl methyl sites for hydroxylation is 1. The number of aromatic nitrogens is 2. The van der Waals surface area contributed by atoms with Crippen LogP contribution in [0.5, 0.6) is 0 Å². The van der Waals surface area contributed by atoms with Crippen LogP contribution in [0.4, 0.5) is 9.18 Å². The second-order valence-corrected chi connectivity index (χ2v) is 6.93. The van der Waals surface area contributed by atoms with Gasteiger partial charge >= 0.3 is 6.03 Å². The lowest BCUT2D eigenvalue weighted by atomic mass is 10.1. The Morgan fingerprint density at radius 1 is 1.19 bits per heavy atom. The summed E-state index contributed by atoms with van der Waals surface area (Å²) >= 11 is 1.70. The van der Waals surface area contributed by atoms with Crippen molar-refractivity contribution < 1.29 is 9.18 Å². The molecule has 26 heavy (non-hydrogen) atoms. The Hall–Kier alpha value is -2.67. The average molecular weight is 372 g/mol. The van der Waals surface area contributed by atoms with E-state index in [-0.39, 0.29) is 11.8 Å². The summed E-state index contributed by atoms with van der Waals surface area (Å²) in [6.45, 7) is 5.47. The van der Waals surface area contributed by atoms with Gasteiger partial charge in [-0.05, 0) is 43.0 Å². The van der Waals surface area contributed by atoms with Crippen molar-refractivity contribution in [3.8, 4) is 10.4 Å². The Bertz CT molecular complexity index is 872. The third-order valence-electron chi connectivity index (χ3n) is 4.12. The number of halogens is 1. The van der Waals surface area contributed by atoms with Crippen molar-refractivity contribution in [1.29, 1.82) is 0 Å². The van der Waals surface area contributed by atoms with Gasteiger partial charge in [0.25, 0.3) is 0 Å². The molecule has 0 aliphatic rings. The maximum Gasteiger partial charge on any atom is 0.315 e. The zero-order valence-corrected chi connectivity index (χ0v) is 15.6. The minimum Gasteiger partial charge on any atom is -0.336 e. The molecule has 0 radical (unpaired) electrons. The van der Waals surface area contributed by atoms with Crippen LogP contribution in [-0.4, -0.2) is 22.4 Å². The molecule has 2 N–H and O–H groups in total. The Kier molecular flexibility index (Phi) is 5.68. The molecule has 3 aromatic rings. The summed E-state index contributed by atoms with van der Waals surface area (Å²) in [5.74, 6) is -0.287. The van der Waals surface area contributed by atoms with Gasteiger partial charge in [-0.2, -0.15) is 5.10 Å². The molecule has 2 aromatic heterocycles. The molecule has 136 valence electrons. The van der Waals surface area contributed by atoms with Gasteiger partial charge in [0.05, 0.1) is 12.2 Å². The van der Waals surface area contributed by atoms with E-state index < -0.39 is 0 Å². The van der Waals surface area contributed by atoms with Crippen molar-refractivity contribution in [2.24, 2.45) is 0 Å². The van der Waals surface area contributed by atoms with Gasteiger partial charge in [0.1, 0.15) is 5.82 Å². The SMILES string of the molecule is Cc1nn(CCNC(=O)NCc2ccc(F)cc2)c(C)c1-c1cccs1. The van der Waals surface area contributed by atoms with Crippen LogP contribution in [-0.2, 0) is 13.1 Å². The second-order valence-electron chi connectivity index (χ2n) is 5.98. The first-order chi connectivity index (χ1) is 12.5. The number of carbonyl (C=O) groups is 1. The van der Waals surface area contributed by atoms with Gasteiger partial charge in [-0.1, -0.05) is 18.2 Å². The quantitative estimate of drug-likeness (QED) is 0.690. The van der Waals surface area contributed by atoms with Crippen molar-refractivity contribution in [2.75, 3.05) is 6.54 Å². The highest BCUT2D eigenvalue weighted by Crippen LogP contribution is 2.30. The zero-order chi connectivity index (χ0) is 18.5. The summed E-state index contributed by atoms with van der Waals surface area (Å²) in [5, 5.41) is 12.2. The summed E-state index contributed by atoms with van der Waals surface area (Å²) in [5.41, 5.74) is 4.10. The van der Waals surface area contributed by atoms with Gasteiger partial charge in [0, 0.05) is 29.2 Å². The second kappa shape index (κ2) is 8.14. The molecule has 0 atom stereocenters. The van der Waals surface area contributed by atoms with Crippen LogP contribution in [0.15, 0.2) is 41.8 Å². The number of nitrogens with one attached hydrogen (secondary N) is 2. The first-order valence-corrected chi connectivity index (χ1v) is 9.26. The molecule has 0 unspecified atom stereocenters. The van der Waals surface area contributed by atoms with Crippen molar-refractivity contribution in [3.63, 3.8) is 0 Å². The monoisotopic (exact) mass is 372 g/mol. The number of hydrogen-bond donors (Lipinski definition) is 2. The van der Waals surface area contributed by atoms with E-state index in [1.54, 1.807) is 23.5 Å². The third kappa shape index (κ3) is 4.29. The van der Waals surface area contributed by atoms with E-state index in [9.17, 15) is 9.18 Å². The molecule has 0 saturated carbocycles. The van der Waals surface area contributed by atoms with Crippen LogP contribution in [0.3, 0.4) is 0 Å². The molecule has 3 rings (SSSR count). The maximum absolute atomic E-state index is 12.9. The van der Waals surface area contributed by atoms with Crippen LogP contribution in [0.25, 0.3) is 10.4 Å². The fourth-order valence-corrected chi connectivity index (χ4v) is 3.69. The highest BCUT2D eigenvalue weighted by molar-refractivity contribution is 7.13. The topological polar surface area (TPSA) is 59.0 Å². The highest BCUT2D eigenvalue weighted by Gasteiger charge is 2.14. The lowest BCUT2D eigenvalue weighted by Crippen LogP contribution is -2.37. The predicted molar refractivity (Wildman–Crippen MR) is 102 cm³/mol. The Labute approximate surface area is 155 Å². The van der Waals surface area contributed by atoms with Gasteiger partial charge in [-0.3, -0.25) is 4.68 Å². The van der Waals surface area contributed by atoms with Crippen LogP contribution in [0.1, 0.15) is 17.0 Å². The average Bonchev–Trinajstić information content (AvgIpc) is 3.23. The molecule has 0 saturated heterocycles. The molecular weight excluding hydrogens is 351 g/mol. The lowest BCUT2D eigenvalue weighted by molar-refractivity contribution is 0.240. The molecule has 0 aliphatic carbocycles. The largest absolute Gasteiger partial charge is 0.336 e. The fourth-order valence-electron chi connectivity index (χ4n) is 2.81. The van der Waals surface area contributed by atoms with Crippen LogP contribution < -0.4 is 10.6 Å². The fraction of sp³-hybridized carbons (Fsp3) is 0.263. The van der Waals surface area contributed by atoms with Gasteiger partial charge in [0.15, 0.2) is 0 Å². The zero-order valence-electron chi connectivity index (χ0n) is 14.8. The van der Waals surface area contributed by atoms with Crippen LogP contribution in [0.2, 0.25) is 0 Å². The molecule has 0 spiro atoms. The number of rotatable bonds is 6. The lowest BCUT2D eigenvalue weighted by Gasteiger charge is -2.09. The Morgan fingerprint density at radius 2 is 1.96 bits per heavy atom. The third-order valence-corrected chi connectivity index (χ3v) is 5.01. The number of hydrogen-bond acceptors (Lipinski definition) is 3. The first-order valence-electron chi connectivity index (χ1n) is 8.38. The van der Waals surface area contributed by atoms with Crippen molar-refractivity contribution in [1.82, 2.24) is 20.4 Å². The number of urea groups is 1. The minimum atomic E-state index is -0.287. The summed E-state index contributed by atoms with van der Waals surface area (Å²) < 4.78 is 14.8. The van der Waals surface area contributed by atoms with E-state index in [1.807, 2.05) is 24.6 Å². The number of benzene rings is 1. The smallest absolute Gasteiger partial charge is 0.315 e. The molecular formula is C19H21FN4OS. The van der Waals surface area contributed by atoms with E-state index in [4.69, 9.17) is 0 Å². The number of thiophene rings is 1. The van der Waals surface area contributed by atoms with Crippen molar-refractivity contribution >= 4 is 17.4 Å². The van der Waals surface area contributed by atoms with Crippen LogP contribution in [0, 0.1) is 19.7 Å². The maximum atomic E-state index is 12.9. The Balaban J connectivity index is 1.49. The minimum absolute atomic E-state index is 0.255. The molecule has 7 heteroatoms. The number of nitrogens with zero attached hydrogens (tertiary/aromatic N) is 2. The number of carbonyl (C=O) groups excluding carboxylic acids is 1. The van der Waals surface area contributed by atoms with Crippen molar-refractivity contribution in [2.45, 2.75) is 26.9 Å². The summed E-state index contributed by atoms with van der Waals surface area (Å²) in [6, 6.07) is 9.92. The summed E-state index contributed by atoms with van der Waals surface area (Å²) in [6.07, 6.45) is 0. The van der Waals surface area contributed by atoms with E-state index in [0.717, 1.165) is 17.0 Å².